The summed E-state index contributed by atoms with van der Waals surface area (Å²) in [6.45, 7) is 7.33. The van der Waals surface area contributed by atoms with Crippen molar-refractivity contribution in [2.45, 2.75) is 25.0 Å². The maximum absolute atomic E-state index is 12.4. The van der Waals surface area contributed by atoms with Gasteiger partial charge in [-0.2, -0.15) is 0 Å². The Bertz CT molecular complexity index is 699. The first-order chi connectivity index (χ1) is 13.1. The third-order valence-corrected chi connectivity index (χ3v) is 5.60. The lowest BCUT2D eigenvalue weighted by molar-refractivity contribution is -0.115. The van der Waals surface area contributed by atoms with Crippen LogP contribution in [0.4, 0.5) is 0 Å². The number of aryl methyl sites for hydroxylation is 1. The van der Waals surface area contributed by atoms with Crippen molar-refractivity contribution in [3.63, 3.8) is 0 Å². The Hall–Kier alpha value is -1.97. The number of morpholine rings is 1. The lowest BCUT2D eigenvalue weighted by Crippen LogP contribution is -2.43. The van der Waals surface area contributed by atoms with Gasteiger partial charge in [0.2, 0.25) is 0 Å². The molecule has 148 valence electrons. The second-order valence-electron chi connectivity index (χ2n) is 7.61. The van der Waals surface area contributed by atoms with E-state index in [1.807, 2.05) is 24.0 Å². The topological polar surface area (TPSA) is 84.2 Å². The van der Waals surface area contributed by atoms with Gasteiger partial charge >= 0.3 is 0 Å². The summed E-state index contributed by atoms with van der Waals surface area (Å²) in [5.74, 6) is 0.926. The summed E-state index contributed by atoms with van der Waals surface area (Å²) in [6.07, 6.45) is 5.23. The lowest BCUT2D eigenvalue weighted by atomic mass is 9.96. The summed E-state index contributed by atoms with van der Waals surface area (Å²) in [7, 11) is 2.00. The number of imidazole rings is 1. The van der Waals surface area contributed by atoms with Crippen molar-refractivity contribution in [3.8, 4) is 0 Å². The van der Waals surface area contributed by atoms with Gasteiger partial charge in [0.05, 0.1) is 19.8 Å². The van der Waals surface area contributed by atoms with E-state index in [-0.39, 0.29) is 11.5 Å². The number of likely N-dealkylation sites (tertiary alicyclic amines) is 1. The van der Waals surface area contributed by atoms with E-state index in [2.05, 4.69) is 25.3 Å². The van der Waals surface area contributed by atoms with Crippen LogP contribution in [0.3, 0.4) is 0 Å². The molecule has 3 aliphatic rings. The molecule has 2 fully saturated rings. The number of nitrogens with one attached hydrogen (secondary N) is 1. The van der Waals surface area contributed by atoms with Crippen LogP contribution < -0.4 is 5.32 Å². The fourth-order valence-electron chi connectivity index (χ4n) is 3.93. The molecule has 1 spiro atoms. The molecule has 0 bridgehead atoms. The zero-order chi connectivity index (χ0) is 18.7. The van der Waals surface area contributed by atoms with Crippen LogP contribution in [0, 0.1) is 0 Å². The second kappa shape index (κ2) is 7.95. The van der Waals surface area contributed by atoms with Gasteiger partial charge in [-0.15, -0.1) is 0 Å². The fourth-order valence-corrected chi connectivity index (χ4v) is 3.93. The van der Waals surface area contributed by atoms with E-state index >= 15 is 0 Å². The normalized spacial score (nSPS) is 26.3. The van der Waals surface area contributed by atoms with Crippen molar-refractivity contribution in [3.05, 3.63) is 18.2 Å². The number of oxime groups is 1. The fraction of sp³-hybridized carbons (Fsp3) is 0.722. The maximum Gasteiger partial charge on any atom is 0.269 e. The molecule has 1 aromatic heterocycles. The molecule has 1 N–H and O–H groups in total. The molecule has 0 radical (unpaired) electrons. The van der Waals surface area contributed by atoms with Gasteiger partial charge in [0.1, 0.15) is 11.5 Å². The van der Waals surface area contributed by atoms with Gasteiger partial charge < -0.3 is 19.5 Å². The summed E-state index contributed by atoms with van der Waals surface area (Å²) in [5.41, 5.74) is 0.151. The van der Waals surface area contributed by atoms with Crippen LogP contribution in [-0.2, 0) is 28.0 Å². The number of hydrogen-bond donors (Lipinski definition) is 1. The molecule has 0 saturated carbocycles. The van der Waals surface area contributed by atoms with Crippen molar-refractivity contribution in [2.75, 3.05) is 52.5 Å². The van der Waals surface area contributed by atoms with Crippen LogP contribution >= 0.6 is 0 Å². The smallest absolute Gasteiger partial charge is 0.269 e. The SMILES string of the molecule is Cn1ccnc1CN1CC[C@]2(CC(C(=O)NCCN3CCOCC3)=NO2)C1. The number of rotatable bonds is 6. The largest absolute Gasteiger partial charge is 0.387 e. The van der Waals surface area contributed by atoms with Gasteiger partial charge in [-0.25, -0.2) is 4.98 Å². The first-order valence-electron chi connectivity index (χ1n) is 9.65. The van der Waals surface area contributed by atoms with Gasteiger partial charge in [0, 0.05) is 71.6 Å². The average Bonchev–Trinajstić information content (AvgIpc) is 3.39. The van der Waals surface area contributed by atoms with Crippen LogP contribution in [-0.4, -0.2) is 89.1 Å². The predicted octanol–water partition coefficient (Wildman–Crippen LogP) is -0.411. The van der Waals surface area contributed by atoms with Crippen LogP contribution in [0.1, 0.15) is 18.7 Å². The van der Waals surface area contributed by atoms with E-state index in [4.69, 9.17) is 9.57 Å². The Kier molecular flexibility index (Phi) is 5.42. The molecule has 0 aromatic carbocycles. The molecule has 1 atom stereocenters. The summed E-state index contributed by atoms with van der Waals surface area (Å²) in [5, 5.41) is 7.08. The number of amides is 1. The van der Waals surface area contributed by atoms with E-state index < -0.39 is 0 Å². The first kappa shape index (κ1) is 18.4. The predicted molar refractivity (Wildman–Crippen MR) is 99.2 cm³/mol. The molecular weight excluding hydrogens is 348 g/mol. The average molecular weight is 376 g/mol. The van der Waals surface area contributed by atoms with Crippen molar-refractivity contribution in [1.29, 1.82) is 0 Å². The molecule has 1 amide bonds. The van der Waals surface area contributed by atoms with Crippen LogP contribution in [0.25, 0.3) is 0 Å². The number of carbonyl (C=O) groups excluding carboxylic acids is 1. The zero-order valence-corrected chi connectivity index (χ0v) is 15.9. The van der Waals surface area contributed by atoms with Crippen molar-refractivity contribution in [1.82, 2.24) is 24.7 Å². The molecule has 27 heavy (non-hydrogen) atoms. The molecular formula is C18H28N6O3. The van der Waals surface area contributed by atoms with Gasteiger partial charge in [-0.1, -0.05) is 5.16 Å². The van der Waals surface area contributed by atoms with Gasteiger partial charge in [-0.05, 0) is 0 Å². The highest BCUT2D eigenvalue weighted by Crippen LogP contribution is 2.34. The molecule has 0 aliphatic carbocycles. The van der Waals surface area contributed by atoms with Gasteiger partial charge in [0.25, 0.3) is 5.91 Å². The Balaban J connectivity index is 1.22. The molecule has 3 aliphatic heterocycles. The third-order valence-electron chi connectivity index (χ3n) is 5.60. The minimum absolute atomic E-state index is 0.109. The summed E-state index contributed by atoms with van der Waals surface area (Å²) in [6, 6.07) is 0. The Morgan fingerprint density at radius 3 is 2.93 bits per heavy atom. The molecule has 9 heteroatoms. The van der Waals surface area contributed by atoms with E-state index in [0.717, 1.165) is 64.7 Å². The second-order valence-corrected chi connectivity index (χ2v) is 7.61. The van der Waals surface area contributed by atoms with E-state index in [1.54, 1.807) is 0 Å². The quantitative estimate of drug-likeness (QED) is 0.727. The molecule has 2 saturated heterocycles. The molecule has 4 rings (SSSR count). The molecule has 0 unspecified atom stereocenters. The highest BCUT2D eigenvalue weighted by Gasteiger charge is 2.46. The summed E-state index contributed by atoms with van der Waals surface area (Å²) in [4.78, 5) is 27.2. The van der Waals surface area contributed by atoms with Crippen molar-refractivity contribution in [2.24, 2.45) is 12.2 Å². The number of aromatic nitrogens is 2. The monoisotopic (exact) mass is 376 g/mol. The van der Waals surface area contributed by atoms with E-state index in [9.17, 15) is 4.79 Å². The standard InChI is InChI=1S/C18H28N6O3/c1-22-6-3-19-16(22)13-24-5-2-18(14-24)12-15(21-27-18)17(25)20-4-7-23-8-10-26-11-9-23/h3,6H,2,4-5,7-14H2,1H3,(H,20,25)/t18-/m0/s1. The molecule has 4 heterocycles. The van der Waals surface area contributed by atoms with Crippen molar-refractivity contribution < 1.29 is 14.4 Å². The van der Waals surface area contributed by atoms with Gasteiger partial charge in [-0.3, -0.25) is 14.6 Å². The molecule has 1 aromatic rings. The molecule has 9 nitrogen and oxygen atoms in total. The number of ether oxygens (including phenoxy) is 1. The summed E-state index contributed by atoms with van der Waals surface area (Å²) < 4.78 is 7.37. The van der Waals surface area contributed by atoms with Crippen LogP contribution in [0.15, 0.2) is 17.5 Å². The van der Waals surface area contributed by atoms with Crippen LogP contribution in [0.2, 0.25) is 0 Å². The first-order valence-corrected chi connectivity index (χ1v) is 9.65. The zero-order valence-electron chi connectivity index (χ0n) is 15.9. The number of nitrogens with zero attached hydrogens (tertiary/aromatic N) is 5. The van der Waals surface area contributed by atoms with E-state index in [1.165, 1.54) is 0 Å². The summed E-state index contributed by atoms with van der Waals surface area (Å²) >= 11 is 0. The Labute approximate surface area is 159 Å². The number of hydrogen-bond acceptors (Lipinski definition) is 7. The highest BCUT2D eigenvalue weighted by atomic mass is 16.7. The third kappa shape index (κ3) is 4.31. The van der Waals surface area contributed by atoms with Crippen LogP contribution in [0.5, 0.6) is 0 Å². The maximum atomic E-state index is 12.4. The lowest BCUT2D eigenvalue weighted by Gasteiger charge is -2.26. The van der Waals surface area contributed by atoms with E-state index in [0.29, 0.717) is 18.7 Å². The number of carbonyl (C=O) groups is 1. The minimum atomic E-state index is -0.359. The van der Waals surface area contributed by atoms with Gasteiger partial charge in [0.15, 0.2) is 5.60 Å². The Morgan fingerprint density at radius 2 is 2.15 bits per heavy atom. The Morgan fingerprint density at radius 1 is 1.30 bits per heavy atom. The highest BCUT2D eigenvalue weighted by molar-refractivity contribution is 6.39. The minimum Gasteiger partial charge on any atom is -0.387 e. The van der Waals surface area contributed by atoms with Crippen molar-refractivity contribution >= 4 is 11.6 Å².